The first-order valence-corrected chi connectivity index (χ1v) is 20.4. The number of aromatic nitrogens is 3. The van der Waals surface area contributed by atoms with Crippen LogP contribution >= 0.6 is 11.6 Å². The zero-order valence-corrected chi connectivity index (χ0v) is 33.6. The molecule has 60 heavy (non-hydrogen) atoms. The minimum Gasteiger partial charge on any atom is -0.469 e. The van der Waals surface area contributed by atoms with Gasteiger partial charge in [-0.25, -0.2) is 22.8 Å². The molecule has 8 rings (SSSR count). The van der Waals surface area contributed by atoms with Crippen molar-refractivity contribution in [2.45, 2.75) is 17.9 Å². The number of oxazole rings is 1. The summed E-state index contributed by atoms with van der Waals surface area (Å²) in [6.07, 6.45) is -0.117. The summed E-state index contributed by atoms with van der Waals surface area (Å²) in [6, 6.07) is 28.8. The van der Waals surface area contributed by atoms with E-state index in [-0.39, 0.29) is 39.2 Å². The number of nitriles is 1. The fourth-order valence-corrected chi connectivity index (χ4v) is 7.50. The van der Waals surface area contributed by atoms with Crippen LogP contribution in [-0.2, 0) is 19.6 Å². The predicted octanol–water partition coefficient (Wildman–Crippen LogP) is 7.55. The molecule has 0 radical (unpaired) electrons. The van der Waals surface area contributed by atoms with Gasteiger partial charge in [0.2, 0.25) is 21.7 Å². The highest BCUT2D eigenvalue weighted by Gasteiger charge is 2.33. The Balaban J connectivity index is 1.24. The summed E-state index contributed by atoms with van der Waals surface area (Å²) in [7, 11) is -2.46. The number of amides is 2. The number of azo groups is 1. The molecule has 2 aromatic heterocycles. The molecule has 1 aliphatic rings. The summed E-state index contributed by atoms with van der Waals surface area (Å²) >= 11 is 6.50. The summed E-state index contributed by atoms with van der Waals surface area (Å²) in [5, 5.41) is 27.4. The lowest BCUT2D eigenvalue weighted by Gasteiger charge is -2.28. The Morgan fingerprint density at radius 2 is 1.73 bits per heavy atom. The molecule has 0 aliphatic carbocycles. The third-order valence-electron chi connectivity index (χ3n) is 9.62. The lowest BCUT2D eigenvalue weighted by molar-refractivity contribution is -0.123. The largest absolute Gasteiger partial charge is 0.469 e. The van der Waals surface area contributed by atoms with Crippen molar-refractivity contribution in [1.82, 2.24) is 24.4 Å². The summed E-state index contributed by atoms with van der Waals surface area (Å²) < 4.78 is 46.9. The third kappa shape index (κ3) is 8.04. The number of anilines is 1. The molecular weight excluding hydrogens is 810 g/mol. The Hall–Kier alpha value is -6.97. The standard InChI is InChI=1S/C42H34ClN9O7S/c1-25-14-15-32(43)35(20-25)46-40(53)38(41-47-33-12-5-6-13-36(33)58-41)59-37-30-11-4-3-10-29(30)34(22-31(37)42(54)51-16-18-57-19-17-51)48-49-39-26(23-44)24-52(50-39)27-8-7-9-28(21-27)60(55,56)45-2/h3-15,20-22,24,38,45H,16-19H2,1-2H3,(H,46,53). The van der Waals surface area contributed by atoms with E-state index < -0.39 is 27.9 Å². The van der Waals surface area contributed by atoms with Gasteiger partial charge in [-0.05, 0) is 68.1 Å². The van der Waals surface area contributed by atoms with Crippen LogP contribution in [0.1, 0.15) is 33.5 Å². The zero-order valence-electron chi connectivity index (χ0n) is 32.0. The normalized spacial score (nSPS) is 13.7. The first-order chi connectivity index (χ1) is 29.0. The van der Waals surface area contributed by atoms with Crippen molar-refractivity contribution < 1.29 is 31.9 Å². The molecule has 1 unspecified atom stereocenters. The van der Waals surface area contributed by atoms with Gasteiger partial charge >= 0.3 is 0 Å². The average molecular weight is 844 g/mol. The van der Waals surface area contributed by atoms with Gasteiger partial charge in [0.15, 0.2) is 5.58 Å². The molecule has 1 saturated heterocycles. The van der Waals surface area contributed by atoms with Crippen LogP contribution in [0.4, 0.5) is 17.2 Å². The Bertz CT molecular complexity index is 2960. The molecule has 1 fully saturated rings. The highest BCUT2D eigenvalue weighted by Crippen LogP contribution is 2.41. The van der Waals surface area contributed by atoms with E-state index in [0.717, 1.165) is 5.56 Å². The number of nitrogens with one attached hydrogen (secondary N) is 2. The van der Waals surface area contributed by atoms with Crippen LogP contribution in [0.5, 0.6) is 5.75 Å². The van der Waals surface area contributed by atoms with E-state index >= 15 is 0 Å². The van der Waals surface area contributed by atoms with Crippen LogP contribution in [0.3, 0.4) is 0 Å². The smallest absolute Gasteiger partial charge is 0.275 e. The Kier molecular flexibility index (Phi) is 11.1. The molecule has 2 N–H and O–H groups in total. The maximum absolute atomic E-state index is 14.5. The van der Waals surface area contributed by atoms with Crippen molar-refractivity contribution in [2.75, 3.05) is 38.7 Å². The van der Waals surface area contributed by atoms with E-state index in [0.29, 0.717) is 64.6 Å². The van der Waals surface area contributed by atoms with Crippen LogP contribution in [0.15, 0.2) is 123 Å². The minimum atomic E-state index is -3.76. The van der Waals surface area contributed by atoms with Crippen molar-refractivity contribution in [2.24, 2.45) is 10.2 Å². The van der Waals surface area contributed by atoms with Gasteiger partial charge in [-0.1, -0.05) is 60.1 Å². The topological polar surface area (TPSA) is 206 Å². The molecule has 16 nitrogen and oxygen atoms in total. The number of rotatable bonds is 11. The maximum atomic E-state index is 14.5. The molecule has 18 heteroatoms. The molecule has 2 amide bonds. The predicted molar refractivity (Wildman–Crippen MR) is 222 cm³/mol. The molecule has 1 aliphatic heterocycles. The van der Waals surface area contributed by atoms with Gasteiger partial charge in [-0.3, -0.25) is 9.59 Å². The summed E-state index contributed by atoms with van der Waals surface area (Å²) in [5.41, 5.74) is 2.79. The van der Waals surface area contributed by atoms with Gasteiger partial charge in [-0.15, -0.1) is 15.3 Å². The molecule has 3 heterocycles. The number of para-hydroxylation sites is 2. The second-order valence-electron chi connectivity index (χ2n) is 13.5. The number of fused-ring (bicyclic) bond motifs is 2. The van der Waals surface area contributed by atoms with Crippen molar-refractivity contribution in [1.29, 1.82) is 5.26 Å². The summed E-state index contributed by atoms with van der Waals surface area (Å²) in [6.45, 7) is 3.08. The lowest BCUT2D eigenvalue weighted by atomic mass is 10.0. The van der Waals surface area contributed by atoms with Crippen LogP contribution in [-0.4, -0.2) is 73.2 Å². The van der Waals surface area contributed by atoms with E-state index in [1.165, 1.54) is 36.1 Å². The number of sulfonamides is 1. The number of hydrogen-bond acceptors (Lipinski definition) is 12. The molecule has 1 atom stereocenters. The van der Waals surface area contributed by atoms with Crippen LogP contribution in [0.25, 0.3) is 27.6 Å². The highest BCUT2D eigenvalue weighted by molar-refractivity contribution is 7.89. The Morgan fingerprint density at radius 3 is 2.50 bits per heavy atom. The molecule has 302 valence electrons. The number of carbonyl (C=O) groups is 2. The van der Waals surface area contributed by atoms with E-state index in [1.807, 2.05) is 13.0 Å². The first-order valence-electron chi connectivity index (χ1n) is 18.5. The second kappa shape index (κ2) is 16.7. The Labute approximate surface area is 348 Å². The van der Waals surface area contributed by atoms with Crippen molar-refractivity contribution >= 4 is 72.5 Å². The number of benzene rings is 5. The molecule has 0 saturated carbocycles. The summed E-state index contributed by atoms with van der Waals surface area (Å²) in [4.78, 5) is 35.1. The number of nitrogens with zero attached hydrogens (tertiary/aromatic N) is 7. The fourth-order valence-electron chi connectivity index (χ4n) is 6.57. The first kappa shape index (κ1) is 39.8. The van der Waals surface area contributed by atoms with Crippen molar-refractivity contribution in [3.8, 4) is 17.5 Å². The van der Waals surface area contributed by atoms with Gasteiger partial charge in [-0.2, -0.15) is 5.26 Å². The molecule has 0 bridgehead atoms. The van der Waals surface area contributed by atoms with Crippen LogP contribution in [0.2, 0.25) is 5.02 Å². The zero-order chi connectivity index (χ0) is 42.0. The number of hydrogen-bond donors (Lipinski definition) is 2. The van der Waals surface area contributed by atoms with E-state index in [4.69, 9.17) is 25.5 Å². The van der Waals surface area contributed by atoms with E-state index in [2.05, 4.69) is 36.4 Å². The number of ether oxygens (including phenoxy) is 2. The SMILES string of the molecule is CNS(=O)(=O)c1cccc(-n2cc(C#N)c(N=Nc3cc(C(=O)N4CCOCC4)c(OC(C(=O)Nc4cc(C)ccc4Cl)c4nc5ccccc5o4)c4ccccc34)n2)c1. The van der Waals surface area contributed by atoms with Crippen LogP contribution < -0.4 is 14.8 Å². The monoisotopic (exact) mass is 843 g/mol. The Morgan fingerprint density at radius 1 is 0.967 bits per heavy atom. The van der Waals surface area contributed by atoms with E-state index in [1.54, 1.807) is 77.7 Å². The molecule has 0 spiro atoms. The molecule has 5 aromatic carbocycles. The minimum absolute atomic E-state index is 0.000659. The average Bonchev–Trinajstić information content (AvgIpc) is 3.90. The number of halogens is 1. The quantitative estimate of drug-likeness (QED) is 0.122. The van der Waals surface area contributed by atoms with Gasteiger partial charge in [0.1, 0.15) is 22.9 Å². The lowest BCUT2D eigenvalue weighted by Crippen LogP contribution is -2.41. The second-order valence-corrected chi connectivity index (χ2v) is 15.8. The van der Waals surface area contributed by atoms with Gasteiger partial charge in [0, 0.05) is 23.9 Å². The third-order valence-corrected chi connectivity index (χ3v) is 11.4. The molecular formula is C42H34ClN9O7S. The van der Waals surface area contributed by atoms with Gasteiger partial charge < -0.3 is 24.1 Å². The van der Waals surface area contributed by atoms with Crippen molar-refractivity contribution in [3.05, 3.63) is 131 Å². The summed E-state index contributed by atoms with van der Waals surface area (Å²) in [5.74, 6) is -1.17. The number of morpholine rings is 1. The number of aryl methyl sites for hydroxylation is 1. The fraction of sp³-hybridized carbons (Fsp3) is 0.167. The maximum Gasteiger partial charge on any atom is 0.275 e. The van der Waals surface area contributed by atoms with Gasteiger partial charge in [0.25, 0.3) is 17.9 Å². The van der Waals surface area contributed by atoms with Crippen LogP contribution in [0, 0.1) is 18.3 Å². The number of carbonyl (C=O) groups excluding carboxylic acids is 2. The van der Waals surface area contributed by atoms with Crippen molar-refractivity contribution in [3.63, 3.8) is 0 Å². The van der Waals surface area contributed by atoms with Gasteiger partial charge in [0.05, 0.1) is 52.0 Å². The molecule has 7 aromatic rings. The highest BCUT2D eigenvalue weighted by atomic mass is 35.5. The van der Waals surface area contributed by atoms with E-state index in [9.17, 15) is 23.3 Å².